The number of hydrogen-bond donors (Lipinski definition) is 0. The summed E-state index contributed by atoms with van der Waals surface area (Å²) in [5.74, 6) is 0. The fourth-order valence-electron chi connectivity index (χ4n) is 0.499. The van der Waals surface area contributed by atoms with Crippen LogP contribution in [0, 0.1) is 6.08 Å². The zero-order chi connectivity index (χ0) is 4.41. The van der Waals surface area contributed by atoms with Crippen LogP contribution in [0.3, 0.4) is 0 Å². The first-order valence-corrected chi connectivity index (χ1v) is 2.13. The summed E-state index contributed by atoms with van der Waals surface area (Å²) in [6, 6.07) is 0. The largest absolute Gasteiger partial charge is 0.273 e. The topological polar surface area (TPSA) is 0 Å². The predicted octanol–water partition coefficient (Wildman–Crippen LogP) is 1.69. The molecule has 0 saturated carbocycles. The van der Waals surface area contributed by atoms with E-state index in [4.69, 9.17) is 0 Å². The third kappa shape index (κ3) is 2.11. The third-order valence-corrected chi connectivity index (χ3v) is 0.872. The molecule has 0 aliphatic heterocycles. The minimum atomic E-state index is 0. The van der Waals surface area contributed by atoms with Crippen LogP contribution >= 0.6 is 0 Å². The van der Waals surface area contributed by atoms with Crippen LogP contribution in [0.2, 0.25) is 0 Å². The molecule has 0 fully saturated rings. The smallest absolute Gasteiger partial charge is 0 e. The van der Waals surface area contributed by atoms with Crippen LogP contribution in [0.1, 0.15) is 13.3 Å². The van der Waals surface area contributed by atoms with E-state index in [-0.39, 0.29) is 21.7 Å². The monoisotopic (exact) mass is 127 g/mol. The van der Waals surface area contributed by atoms with Gasteiger partial charge in [-0.3, -0.25) is 6.08 Å². The molecule has 0 aromatic rings. The summed E-state index contributed by atoms with van der Waals surface area (Å²) in [6.45, 7) is 2.08. The van der Waals surface area contributed by atoms with Crippen molar-refractivity contribution in [1.82, 2.24) is 0 Å². The van der Waals surface area contributed by atoms with E-state index in [0.717, 1.165) is 6.42 Å². The molecule has 0 atom stereocenters. The van der Waals surface area contributed by atoms with Crippen molar-refractivity contribution < 1.29 is 21.7 Å². The Morgan fingerprint density at radius 3 is 2.57 bits per heavy atom. The van der Waals surface area contributed by atoms with E-state index in [1.807, 2.05) is 6.08 Å². The Hall–Kier alpha value is 0.194. The average Bonchev–Trinajstić information content (AvgIpc) is 1.86. The normalized spacial score (nSPS) is 15.9. The van der Waals surface area contributed by atoms with E-state index in [1.54, 1.807) is 0 Å². The zero-order valence-electron chi connectivity index (χ0n) is 4.36. The molecule has 0 nitrogen and oxygen atoms in total. The molecule has 0 heterocycles. The maximum Gasteiger partial charge on any atom is 0 e. The standard InChI is InChI=1S/C6H7.Ti/c1-6-4-2-3-5-6;/h4-5H,2H2,1H3;/q-1;. The molecule has 0 saturated heterocycles. The van der Waals surface area contributed by atoms with E-state index in [2.05, 4.69) is 19.1 Å². The molecule has 0 aromatic carbocycles. The minimum Gasteiger partial charge on any atom is -0.273 e. The number of rotatable bonds is 0. The summed E-state index contributed by atoms with van der Waals surface area (Å²) in [5, 5.41) is 0. The molecule has 0 unspecified atom stereocenters. The Bertz CT molecular complexity index is 98.0. The van der Waals surface area contributed by atoms with Crippen molar-refractivity contribution in [2.45, 2.75) is 13.3 Å². The first-order chi connectivity index (χ1) is 2.89. The summed E-state index contributed by atoms with van der Waals surface area (Å²) in [4.78, 5) is 0. The molecule has 1 aliphatic carbocycles. The molecule has 1 heteroatoms. The fraction of sp³-hybridized carbons (Fsp3) is 0.333. The second-order valence-electron chi connectivity index (χ2n) is 1.50. The van der Waals surface area contributed by atoms with Gasteiger partial charge in [-0.1, -0.05) is 0 Å². The van der Waals surface area contributed by atoms with Gasteiger partial charge in [-0.05, 0) is 0 Å². The van der Waals surface area contributed by atoms with Crippen molar-refractivity contribution in [3.05, 3.63) is 23.8 Å². The molecule has 0 spiro atoms. The van der Waals surface area contributed by atoms with Crippen LogP contribution in [-0.4, -0.2) is 0 Å². The van der Waals surface area contributed by atoms with Gasteiger partial charge in [0.25, 0.3) is 0 Å². The molecule has 1 aliphatic rings. The molecule has 0 amide bonds. The van der Waals surface area contributed by atoms with E-state index in [0.29, 0.717) is 0 Å². The van der Waals surface area contributed by atoms with Gasteiger partial charge in [0.1, 0.15) is 0 Å². The van der Waals surface area contributed by atoms with Gasteiger partial charge in [0, 0.05) is 21.7 Å². The van der Waals surface area contributed by atoms with E-state index in [9.17, 15) is 0 Å². The van der Waals surface area contributed by atoms with Gasteiger partial charge in [-0.15, -0.1) is 13.3 Å². The van der Waals surface area contributed by atoms with Crippen molar-refractivity contribution >= 4 is 0 Å². The quantitative estimate of drug-likeness (QED) is 0.343. The van der Waals surface area contributed by atoms with Gasteiger partial charge in [0.05, 0.1) is 0 Å². The molecular formula is C6H7Ti-. The van der Waals surface area contributed by atoms with Crippen LogP contribution in [0.5, 0.6) is 0 Å². The van der Waals surface area contributed by atoms with Crippen molar-refractivity contribution in [2.24, 2.45) is 0 Å². The molecule has 0 N–H and O–H groups in total. The SMILES string of the molecule is CC1=CC[C-]=C1.[Ti]. The molecular weight excluding hydrogens is 120 g/mol. The van der Waals surface area contributed by atoms with Crippen molar-refractivity contribution in [1.29, 1.82) is 0 Å². The molecule has 1 rings (SSSR count). The number of allylic oxidation sites excluding steroid dienone is 4. The molecule has 7 heavy (non-hydrogen) atoms. The second kappa shape index (κ2) is 3.23. The van der Waals surface area contributed by atoms with Gasteiger partial charge >= 0.3 is 0 Å². The third-order valence-electron chi connectivity index (χ3n) is 0.872. The molecule has 0 bridgehead atoms. The van der Waals surface area contributed by atoms with Crippen LogP contribution < -0.4 is 0 Å². The average molecular weight is 127 g/mol. The zero-order valence-corrected chi connectivity index (χ0v) is 5.92. The fourth-order valence-corrected chi connectivity index (χ4v) is 0.499. The van der Waals surface area contributed by atoms with E-state index < -0.39 is 0 Å². The number of hydrogen-bond acceptors (Lipinski definition) is 0. The van der Waals surface area contributed by atoms with Gasteiger partial charge in [0.2, 0.25) is 0 Å². The maximum atomic E-state index is 3.05. The summed E-state index contributed by atoms with van der Waals surface area (Å²) in [6.07, 6.45) is 8.24. The Morgan fingerprint density at radius 1 is 1.71 bits per heavy atom. The summed E-state index contributed by atoms with van der Waals surface area (Å²) in [5.41, 5.74) is 1.34. The van der Waals surface area contributed by atoms with Crippen LogP contribution in [-0.2, 0) is 21.7 Å². The van der Waals surface area contributed by atoms with Gasteiger partial charge in [0.15, 0.2) is 0 Å². The van der Waals surface area contributed by atoms with Crippen molar-refractivity contribution in [3.63, 3.8) is 0 Å². The second-order valence-corrected chi connectivity index (χ2v) is 1.50. The van der Waals surface area contributed by atoms with E-state index in [1.165, 1.54) is 5.57 Å². The van der Waals surface area contributed by atoms with E-state index >= 15 is 0 Å². The Morgan fingerprint density at radius 2 is 2.43 bits per heavy atom. The predicted molar refractivity (Wildman–Crippen MR) is 26.2 cm³/mol. The summed E-state index contributed by atoms with van der Waals surface area (Å²) in [7, 11) is 0. The van der Waals surface area contributed by atoms with Gasteiger partial charge < -0.3 is 0 Å². The van der Waals surface area contributed by atoms with Crippen LogP contribution in [0.4, 0.5) is 0 Å². The minimum absolute atomic E-state index is 0. The van der Waals surface area contributed by atoms with Crippen LogP contribution in [0.25, 0.3) is 0 Å². The Kier molecular flexibility index (Phi) is 3.32. The van der Waals surface area contributed by atoms with Crippen LogP contribution in [0.15, 0.2) is 17.7 Å². The van der Waals surface area contributed by atoms with Crippen molar-refractivity contribution in [2.75, 3.05) is 0 Å². The maximum absolute atomic E-state index is 3.05. The first-order valence-electron chi connectivity index (χ1n) is 2.13. The first kappa shape index (κ1) is 7.19. The van der Waals surface area contributed by atoms with Gasteiger partial charge in [-0.25, -0.2) is 11.6 Å². The summed E-state index contributed by atoms with van der Waals surface area (Å²) < 4.78 is 0. The molecule has 0 aromatic heterocycles. The Labute approximate surface area is 59.2 Å². The molecule has 0 radical (unpaired) electrons. The molecule has 36 valence electrons. The summed E-state index contributed by atoms with van der Waals surface area (Å²) >= 11 is 0. The van der Waals surface area contributed by atoms with Crippen molar-refractivity contribution in [3.8, 4) is 0 Å². The van der Waals surface area contributed by atoms with Gasteiger partial charge in [-0.2, -0.15) is 6.08 Å². The Balaban J connectivity index is 0.000000360.